The number of nitrogens with two attached hydrogens (primary N) is 1. The number of nitrogens with one attached hydrogen (secondary N) is 1. The zero-order valence-electron chi connectivity index (χ0n) is 11.8. The van der Waals surface area contributed by atoms with Crippen molar-refractivity contribution in [3.63, 3.8) is 0 Å². The number of nitrogens with zero attached hydrogens (tertiary/aromatic N) is 2. The van der Waals surface area contributed by atoms with Crippen molar-refractivity contribution in [1.82, 2.24) is 9.97 Å². The van der Waals surface area contributed by atoms with Gasteiger partial charge in [-0.2, -0.15) is 0 Å². The molecule has 1 atom stereocenters. The van der Waals surface area contributed by atoms with Gasteiger partial charge in [0.05, 0.1) is 10.6 Å². The molecule has 0 saturated carbocycles. The summed E-state index contributed by atoms with van der Waals surface area (Å²) in [6.45, 7) is 6.85. The van der Waals surface area contributed by atoms with E-state index in [1.807, 2.05) is 31.5 Å². The number of hydrogen-bond acceptors (Lipinski definition) is 5. The Bertz CT molecular complexity index is 608. The smallest absolute Gasteiger partial charge is 0.136 e. The SMILES string of the molecule is Cc1cc(C)c(C(N)=S)c(NCC(C)c2nccs2)n1. The van der Waals surface area contributed by atoms with Crippen molar-refractivity contribution in [3.05, 3.63) is 39.5 Å². The minimum absolute atomic E-state index is 0.316. The number of pyridine rings is 1. The highest BCUT2D eigenvalue weighted by atomic mass is 32.1. The van der Waals surface area contributed by atoms with Crippen LogP contribution in [0.25, 0.3) is 0 Å². The second-order valence-electron chi connectivity index (χ2n) is 4.82. The molecule has 0 aliphatic rings. The zero-order valence-corrected chi connectivity index (χ0v) is 13.4. The van der Waals surface area contributed by atoms with Crippen LogP contribution in [0.15, 0.2) is 17.6 Å². The van der Waals surface area contributed by atoms with Gasteiger partial charge in [0.15, 0.2) is 0 Å². The van der Waals surface area contributed by atoms with Crippen LogP contribution in [0.3, 0.4) is 0 Å². The van der Waals surface area contributed by atoms with Crippen molar-refractivity contribution in [2.75, 3.05) is 11.9 Å². The second-order valence-corrected chi connectivity index (χ2v) is 6.19. The summed E-state index contributed by atoms with van der Waals surface area (Å²) in [6.07, 6.45) is 1.83. The molecular weight excluding hydrogens is 288 g/mol. The molecule has 2 aromatic heterocycles. The number of rotatable bonds is 5. The van der Waals surface area contributed by atoms with Crippen LogP contribution in [0.2, 0.25) is 0 Å². The molecule has 0 aliphatic carbocycles. The van der Waals surface area contributed by atoms with Gasteiger partial charge in [0.25, 0.3) is 0 Å². The maximum absolute atomic E-state index is 5.81. The first-order valence-corrected chi connectivity index (χ1v) is 7.69. The van der Waals surface area contributed by atoms with Gasteiger partial charge in [-0.05, 0) is 25.5 Å². The van der Waals surface area contributed by atoms with Crippen LogP contribution in [0.5, 0.6) is 0 Å². The average Bonchev–Trinajstić information content (AvgIpc) is 2.88. The number of anilines is 1. The third-order valence-corrected chi connectivity index (χ3v) is 4.25. The first-order valence-electron chi connectivity index (χ1n) is 6.40. The highest BCUT2D eigenvalue weighted by Crippen LogP contribution is 2.22. The first kappa shape index (κ1) is 14.9. The van der Waals surface area contributed by atoms with Gasteiger partial charge in [0.1, 0.15) is 10.8 Å². The van der Waals surface area contributed by atoms with Gasteiger partial charge >= 0.3 is 0 Å². The molecule has 0 bridgehead atoms. The lowest BCUT2D eigenvalue weighted by Crippen LogP contribution is -2.19. The van der Waals surface area contributed by atoms with Crippen LogP contribution >= 0.6 is 23.6 Å². The average molecular weight is 306 g/mol. The van der Waals surface area contributed by atoms with E-state index in [2.05, 4.69) is 22.2 Å². The summed E-state index contributed by atoms with van der Waals surface area (Å²) in [4.78, 5) is 9.22. The molecular formula is C14H18N4S2. The molecule has 6 heteroatoms. The normalized spacial score (nSPS) is 12.2. The third-order valence-electron chi connectivity index (χ3n) is 3.04. The van der Waals surface area contributed by atoms with Crippen molar-refractivity contribution in [3.8, 4) is 0 Å². The standard InChI is InChI=1S/C14H18N4S2/c1-8-6-10(3)18-13(11(8)12(15)19)17-7-9(2)14-16-4-5-20-14/h4-6,9H,7H2,1-3H3,(H2,15,19)(H,17,18). The van der Waals surface area contributed by atoms with E-state index in [1.54, 1.807) is 11.3 Å². The van der Waals surface area contributed by atoms with Gasteiger partial charge < -0.3 is 11.1 Å². The zero-order chi connectivity index (χ0) is 14.7. The van der Waals surface area contributed by atoms with Gasteiger partial charge in [-0.1, -0.05) is 19.1 Å². The minimum atomic E-state index is 0.316. The number of thiocarbonyl (C=S) groups is 1. The molecule has 2 rings (SSSR count). The highest BCUT2D eigenvalue weighted by molar-refractivity contribution is 7.80. The number of hydrogen-bond donors (Lipinski definition) is 2. The van der Waals surface area contributed by atoms with Crippen LogP contribution in [0.4, 0.5) is 5.82 Å². The van der Waals surface area contributed by atoms with Crippen molar-refractivity contribution < 1.29 is 0 Å². The molecule has 1 unspecified atom stereocenters. The van der Waals surface area contributed by atoms with E-state index in [9.17, 15) is 0 Å². The molecule has 2 heterocycles. The predicted molar refractivity (Wildman–Crippen MR) is 88.6 cm³/mol. The highest BCUT2D eigenvalue weighted by Gasteiger charge is 2.13. The van der Waals surface area contributed by atoms with E-state index in [1.165, 1.54) is 0 Å². The Morgan fingerprint density at radius 2 is 2.25 bits per heavy atom. The van der Waals surface area contributed by atoms with Gasteiger partial charge in [0.2, 0.25) is 0 Å². The molecule has 106 valence electrons. The van der Waals surface area contributed by atoms with Crippen LogP contribution in [0, 0.1) is 13.8 Å². The molecule has 0 spiro atoms. The molecule has 2 aromatic rings. The summed E-state index contributed by atoms with van der Waals surface area (Å²) in [7, 11) is 0. The van der Waals surface area contributed by atoms with E-state index in [-0.39, 0.29) is 0 Å². The molecule has 0 radical (unpaired) electrons. The third kappa shape index (κ3) is 3.32. The van der Waals surface area contributed by atoms with Crippen molar-refractivity contribution >= 4 is 34.4 Å². The predicted octanol–water partition coefficient (Wildman–Crippen LogP) is 3.00. The maximum atomic E-state index is 5.81. The fourth-order valence-corrected chi connectivity index (χ4v) is 3.05. The lowest BCUT2D eigenvalue weighted by molar-refractivity contribution is 0.791. The summed E-state index contributed by atoms with van der Waals surface area (Å²) in [5, 5.41) is 6.45. The van der Waals surface area contributed by atoms with E-state index in [4.69, 9.17) is 18.0 Å². The van der Waals surface area contributed by atoms with E-state index >= 15 is 0 Å². The van der Waals surface area contributed by atoms with Gasteiger partial charge in [-0.15, -0.1) is 11.3 Å². The van der Waals surface area contributed by atoms with Crippen molar-refractivity contribution in [1.29, 1.82) is 0 Å². The van der Waals surface area contributed by atoms with Crippen molar-refractivity contribution in [2.24, 2.45) is 5.73 Å². The second kappa shape index (κ2) is 6.28. The Balaban J connectivity index is 2.19. The van der Waals surface area contributed by atoms with Crippen LogP contribution in [-0.4, -0.2) is 21.5 Å². The fraction of sp³-hybridized carbons (Fsp3) is 0.357. The quantitative estimate of drug-likeness (QED) is 0.831. The lowest BCUT2D eigenvalue weighted by atomic mass is 10.1. The largest absolute Gasteiger partial charge is 0.389 e. The van der Waals surface area contributed by atoms with E-state index < -0.39 is 0 Å². The maximum Gasteiger partial charge on any atom is 0.136 e. The molecule has 0 amide bonds. The van der Waals surface area contributed by atoms with Crippen LogP contribution in [-0.2, 0) is 0 Å². The number of aromatic nitrogens is 2. The molecule has 4 nitrogen and oxygen atoms in total. The summed E-state index contributed by atoms with van der Waals surface area (Å²) in [5.74, 6) is 1.08. The first-order chi connectivity index (χ1) is 9.49. The molecule has 0 fully saturated rings. The number of aryl methyl sites for hydroxylation is 2. The Morgan fingerprint density at radius 1 is 1.50 bits per heavy atom. The lowest BCUT2D eigenvalue weighted by Gasteiger charge is -2.16. The Labute approximate surface area is 128 Å². The molecule has 20 heavy (non-hydrogen) atoms. The van der Waals surface area contributed by atoms with Gasteiger partial charge in [-0.25, -0.2) is 9.97 Å². The summed E-state index contributed by atoms with van der Waals surface area (Å²) in [6, 6.07) is 1.99. The van der Waals surface area contributed by atoms with E-state index in [0.29, 0.717) is 10.9 Å². The Hall–Kier alpha value is -1.53. The summed E-state index contributed by atoms with van der Waals surface area (Å²) < 4.78 is 0. The molecule has 3 N–H and O–H groups in total. The van der Waals surface area contributed by atoms with Gasteiger partial charge in [-0.3, -0.25) is 0 Å². The molecule has 0 aliphatic heterocycles. The van der Waals surface area contributed by atoms with Crippen LogP contribution in [0.1, 0.15) is 34.7 Å². The summed E-state index contributed by atoms with van der Waals surface area (Å²) in [5.41, 5.74) is 8.64. The van der Waals surface area contributed by atoms with Crippen molar-refractivity contribution in [2.45, 2.75) is 26.7 Å². The number of thiazole rings is 1. The monoisotopic (exact) mass is 306 g/mol. The summed E-state index contributed by atoms with van der Waals surface area (Å²) >= 11 is 6.79. The Morgan fingerprint density at radius 3 is 2.85 bits per heavy atom. The molecule has 0 saturated heterocycles. The Kier molecular flexibility index (Phi) is 4.67. The fourth-order valence-electron chi connectivity index (χ4n) is 2.09. The molecule has 0 aromatic carbocycles. The minimum Gasteiger partial charge on any atom is -0.389 e. The van der Waals surface area contributed by atoms with E-state index in [0.717, 1.165) is 34.2 Å². The van der Waals surface area contributed by atoms with Gasteiger partial charge in [0, 0.05) is 29.7 Å². The topological polar surface area (TPSA) is 63.8 Å². The van der Waals surface area contributed by atoms with Crippen LogP contribution < -0.4 is 11.1 Å².